The normalized spacial score (nSPS) is 21.1. The number of allylic oxidation sites excluding steroid dienone is 1. The maximum absolute atomic E-state index is 10.1. The van der Waals surface area contributed by atoms with Crippen molar-refractivity contribution in [1.29, 1.82) is 0 Å². The number of aryl methyl sites for hydroxylation is 1. The molecule has 0 radical (unpaired) electrons. The van der Waals surface area contributed by atoms with Crippen molar-refractivity contribution in [3.8, 4) is 0 Å². The van der Waals surface area contributed by atoms with Gasteiger partial charge in [-0.3, -0.25) is 0 Å². The fourth-order valence-electron chi connectivity index (χ4n) is 2.76. The summed E-state index contributed by atoms with van der Waals surface area (Å²) in [4.78, 5) is 0. The Labute approximate surface area is 147 Å². The molecule has 1 aliphatic heterocycles. The maximum Gasteiger partial charge on any atom is 0.490 e. The van der Waals surface area contributed by atoms with E-state index in [1.165, 1.54) is 5.56 Å². The van der Waals surface area contributed by atoms with Crippen molar-refractivity contribution in [3.05, 3.63) is 47.4 Å². The zero-order valence-electron chi connectivity index (χ0n) is 15.7. The second-order valence-electron chi connectivity index (χ2n) is 7.66. The van der Waals surface area contributed by atoms with Crippen molar-refractivity contribution >= 4 is 7.12 Å². The van der Waals surface area contributed by atoms with Crippen LogP contribution in [0.25, 0.3) is 0 Å². The molecule has 0 aromatic heterocycles. The summed E-state index contributed by atoms with van der Waals surface area (Å²) < 4.78 is 12.3. The van der Waals surface area contributed by atoms with Gasteiger partial charge in [-0.05, 0) is 64.4 Å². The predicted molar refractivity (Wildman–Crippen MR) is 99.8 cm³/mol. The van der Waals surface area contributed by atoms with Crippen LogP contribution in [-0.2, 0) is 15.7 Å². The van der Waals surface area contributed by atoms with Gasteiger partial charge in [0.2, 0.25) is 0 Å². The van der Waals surface area contributed by atoms with Gasteiger partial charge in [-0.25, -0.2) is 0 Å². The molecule has 1 saturated heterocycles. The van der Waals surface area contributed by atoms with Crippen molar-refractivity contribution in [3.63, 3.8) is 0 Å². The Balaban J connectivity index is 2.09. The molecular formula is C20H31BO3. The zero-order valence-corrected chi connectivity index (χ0v) is 15.7. The highest BCUT2D eigenvalue weighted by molar-refractivity contribution is 6.54. The first-order valence-corrected chi connectivity index (χ1v) is 9.01. The SMILES string of the molecule is CCC(O)C/C(=C/CCc1ccccc1)B1OC(C)(C)C(C)(C)O1. The van der Waals surface area contributed by atoms with Gasteiger partial charge in [0.05, 0.1) is 17.3 Å². The fraction of sp³-hybridized carbons (Fsp3) is 0.600. The minimum atomic E-state index is -0.369. The Morgan fingerprint density at radius 1 is 1.12 bits per heavy atom. The van der Waals surface area contributed by atoms with E-state index in [9.17, 15) is 5.11 Å². The van der Waals surface area contributed by atoms with E-state index in [1.807, 2.05) is 13.0 Å². The average molecular weight is 330 g/mol. The van der Waals surface area contributed by atoms with Crippen LogP contribution < -0.4 is 0 Å². The molecule has 1 fully saturated rings. The van der Waals surface area contributed by atoms with Crippen LogP contribution in [0.2, 0.25) is 0 Å². The first-order valence-electron chi connectivity index (χ1n) is 9.01. The molecule has 132 valence electrons. The fourth-order valence-corrected chi connectivity index (χ4v) is 2.76. The smallest absolute Gasteiger partial charge is 0.400 e. The van der Waals surface area contributed by atoms with Gasteiger partial charge in [-0.2, -0.15) is 0 Å². The van der Waals surface area contributed by atoms with E-state index in [1.54, 1.807) is 0 Å². The van der Waals surface area contributed by atoms with Crippen LogP contribution in [0.1, 0.15) is 59.4 Å². The monoisotopic (exact) mass is 330 g/mol. The van der Waals surface area contributed by atoms with Gasteiger partial charge < -0.3 is 14.4 Å². The molecule has 1 heterocycles. The highest BCUT2D eigenvalue weighted by atomic mass is 16.7. The van der Waals surface area contributed by atoms with Crippen LogP contribution in [0.4, 0.5) is 0 Å². The van der Waals surface area contributed by atoms with Crippen LogP contribution in [0.15, 0.2) is 41.9 Å². The summed E-state index contributed by atoms with van der Waals surface area (Å²) >= 11 is 0. The van der Waals surface area contributed by atoms with Crippen LogP contribution in [0.3, 0.4) is 0 Å². The molecule has 1 aliphatic rings. The first kappa shape index (κ1) is 19.2. The third-order valence-electron chi connectivity index (χ3n) is 5.18. The van der Waals surface area contributed by atoms with E-state index in [-0.39, 0.29) is 24.4 Å². The van der Waals surface area contributed by atoms with Crippen molar-refractivity contribution in [2.24, 2.45) is 0 Å². The summed E-state index contributed by atoms with van der Waals surface area (Å²) in [5, 5.41) is 10.1. The van der Waals surface area contributed by atoms with Crippen molar-refractivity contribution in [1.82, 2.24) is 0 Å². The quantitative estimate of drug-likeness (QED) is 0.756. The Hall–Kier alpha value is -1.10. The Morgan fingerprint density at radius 2 is 1.71 bits per heavy atom. The average Bonchev–Trinajstić information content (AvgIpc) is 2.75. The molecule has 0 bridgehead atoms. The molecule has 0 spiro atoms. The highest BCUT2D eigenvalue weighted by Gasteiger charge is 2.52. The molecule has 1 N–H and O–H groups in total. The number of benzene rings is 1. The Kier molecular flexibility index (Phi) is 6.30. The van der Waals surface area contributed by atoms with E-state index >= 15 is 0 Å². The molecule has 1 aromatic rings. The molecular weight excluding hydrogens is 299 g/mol. The highest BCUT2D eigenvalue weighted by Crippen LogP contribution is 2.39. The zero-order chi connectivity index (χ0) is 17.8. The molecule has 3 nitrogen and oxygen atoms in total. The molecule has 24 heavy (non-hydrogen) atoms. The first-order chi connectivity index (χ1) is 11.2. The summed E-state index contributed by atoms with van der Waals surface area (Å²) in [7, 11) is -0.369. The molecule has 1 atom stereocenters. The lowest BCUT2D eigenvalue weighted by molar-refractivity contribution is 0.00578. The van der Waals surface area contributed by atoms with E-state index in [2.05, 4.69) is 58.0 Å². The van der Waals surface area contributed by atoms with E-state index in [0.29, 0.717) is 6.42 Å². The van der Waals surface area contributed by atoms with Crippen LogP contribution in [0.5, 0.6) is 0 Å². The van der Waals surface area contributed by atoms with Gasteiger partial charge >= 0.3 is 7.12 Å². The molecule has 2 rings (SSSR count). The third-order valence-corrected chi connectivity index (χ3v) is 5.18. The lowest BCUT2D eigenvalue weighted by atomic mass is 9.74. The summed E-state index contributed by atoms with van der Waals surface area (Å²) in [6, 6.07) is 10.4. The lowest BCUT2D eigenvalue weighted by Crippen LogP contribution is -2.41. The second-order valence-corrected chi connectivity index (χ2v) is 7.66. The van der Waals surface area contributed by atoms with Gasteiger partial charge in [-0.15, -0.1) is 0 Å². The molecule has 0 saturated carbocycles. The van der Waals surface area contributed by atoms with Gasteiger partial charge in [0.15, 0.2) is 0 Å². The van der Waals surface area contributed by atoms with E-state index < -0.39 is 0 Å². The number of hydrogen-bond acceptors (Lipinski definition) is 3. The topological polar surface area (TPSA) is 38.7 Å². The summed E-state index contributed by atoms with van der Waals surface area (Å²) in [5.74, 6) is 0. The maximum atomic E-state index is 10.1. The van der Waals surface area contributed by atoms with E-state index in [0.717, 1.165) is 24.7 Å². The Morgan fingerprint density at radius 3 is 2.25 bits per heavy atom. The molecule has 0 aliphatic carbocycles. The Bertz CT molecular complexity index is 535. The molecule has 1 unspecified atom stereocenters. The third kappa shape index (κ3) is 4.72. The van der Waals surface area contributed by atoms with Crippen molar-refractivity contribution in [2.45, 2.75) is 77.6 Å². The number of rotatable bonds is 7. The largest absolute Gasteiger partial charge is 0.490 e. The molecule has 1 aromatic carbocycles. The van der Waals surface area contributed by atoms with Gasteiger partial charge in [-0.1, -0.05) is 43.3 Å². The molecule has 0 amide bonds. The minimum Gasteiger partial charge on any atom is -0.400 e. The van der Waals surface area contributed by atoms with Gasteiger partial charge in [0.25, 0.3) is 0 Å². The summed E-state index contributed by atoms with van der Waals surface area (Å²) in [6.45, 7) is 10.2. The number of aliphatic hydroxyl groups excluding tert-OH is 1. The minimum absolute atomic E-state index is 0.354. The molecule has 4 heteroatoms. The van der Waals surface area contributed by atoms with Crippen molar-refractivity contribution in [2.75, 3.05) is 0 Å². The number of aliphatic hydroxyl groups is 1. The van der Waals surface area contributed by atoms with Gasteiger partial charge in [0.1, 0.15) is 0 Å². The number of hydrogen-bond donors (Lipinski definition) is 1. The van der Waals surface area contributed by atoms with E-state index in [4.69, 9.17) is 9.31 Å². The van der Waals surface area contributed by atoms with Crippen LogP contribution in [-0.4, -0.2) is 29.5 Å². The lowest BCUT2D eigenvalue weighted by Gasteiger charge is -2.32. The van der Waals surface area contributed by atoms with Crippen LogP contribution in [0, 0.1) is 0 Å². The predicted octanol–water partition coefficient (Wildman–Crippen LogP) is 4.34. The summed E-state index contributed by atoms with van der Waals surface area (Å²) in [6.07, 6.45) is 5.06. The second kappa shape index (κ2) is 7.86. The standard InChI is InChI=1S/C20H31BO3/c1-6-18(22)15-17(14-10-13-16-11-8-7-9-12-16)21-23-19(2,3)20(4,5)24-21/h7-9,11-12,14,18,22H,6,10,13,15H2,1-5H3/b17-14-. The van der Waals surface area contributed by atoms with Gasteiger partial charge in [0, 0.05) is 0 Å². The van der Waals surface area contributed by atoms with Crippen LogP contribution >= 0.6 is 0 Å². The summed E-state index contributed by atoms with van der Waals surface area (Å²) in [5.41, 5.74) is 1.66. The van der Waals surface area contributed by atoms with Crippen molar-refractivity contribution < 1.29 is 14.4 Å².